The van der Waals surface area contributed by atoms with E-state index < -0.39 is 11.2 Å². The Balaban J connectivity index is 2.11. The van der Waals surface area contributed by atoms with Gasteiger partial charge in [-0.1, -0.05) is 6.42 Å². The highest BCUT2D eigenvalue weighted by molar-refractivity contribution is 5.20. The quantitative estimate of drug-likeness (QED) is 0.797. The van der Waals surface area contributed by atoms with Crippen molar-refractivity contribution >= 4 is 0 Å². The highest BCUT2D eigenvalue weighted by Crippen LogP contribution is 2.11. The van der Waals surface area contributed by atoms with Gasteiger partial charge in [-0.3, -0.25) is 14.3 Å². The number of piperidine rings is 1. The van der Waals surface area contributed by atoms with Crippen molar-refractivity contribution in [1.82, 2.24) is 14.5 Å². The zero-order chi connectivity index (χ0) is 13.1. The van der Waals surface area contributed by atoms with Crippen LogP contribution in [0.2, 0.25) is 0 Å². The summed E-state index contributed by atoms with van der Waals surface area (Å²) in [7, 11) is 0. The molecule has 1 aliphatic rings. The van der Waals surface area contributed by atoms with Gasteiger partial charge in [-0.2, -0.15) is 0 Å². The molecule has 0 radical (unpaired) electrons. The minimum atomic E-state index is -0.542. The Morgan fingerprint density at radius 2 is 1.83 bits per heavy atom. The van der Waals surface area contributed by atoms with Crippen LogP contribution in [0.4, 0.5) is 0 Å². The predicted molar refractivity (Wildman–Crippen MR) is 68.0 cm³/mol. The van der Waals surface area contributed by atoms with Crippen molar-refractivity contribution in [3.63, 3.8) is 0 Å². The Morgan fingerprint density at radius 1 is 1.17 bits per heavy atom. The van der Waals surface area contributed by atoms with Gasteiger partial charge in [-0.05, 0) is 32.9 Å². The van der Waals surface area contributed by atoms with Crippen molar-refractivity contribution in [1.29, 1.82) is 0 Å². The summed E-state index contributed by atoms with van der Waals surface area (Å²) in [6, 6.07) is 0. The Kier molecular flexibility index (Phi) is 3.86. The molecule has 2 heterocycles. The molecule has 0 bridgehead atoms. The van der Waals surface area contributed by atoms with Crippen molar-refractivity contribution < 1.29 is 5.11 Å². The van der Waals surface area contributed by atoms with Crippen molar-refractivity contribution in [2.75, 3.05) is 19.6 Å². The van der Waals surface area contributed by atoms with E-state index in [4.69, 9.17) is 0 Å². The maximum Gasteiger partial charge on any atom is 0.331 e. The largest absolute Gasteiger partial charge is 0.494 e. The lowest BCUT2D eigenvalue weighted by molar-refractivity contribution is 0.215. The van der Waals surface area contributed by atoms with Gasteiger partial charge in [-0.15, -0.1) is 0 Å². The monoisotopic (exact) mass is 253 g/mol. The molecule has 2 N–H and O–H groups in total. The second-order valence-corrected chi connectivity index (χ2v) is 4.76. The van der Waals surface area contributed by atoms with Gasteiger partial charge in [0.05, 0.1) is 5.56 Å². The molecule has 0 aliphatic carbocycles. The molecule has 0 unspecified atom stereocenters. The zero-order valence-electron chi connectivity index (χ0n) is 10.6. The number of hydrogen-bond donors (Lipinski definition) is 2. The van der Waals surface area contributed by atoms with Gasteiger partial charge in [0.15, 0.2) is 0 Å². The van der Waals surface area contributed by atoms with E-state index in [1.165, 1.54) is 30.8 Å². The van der Waals surface area contributed by atoms with E-state index in [2.05, 4.69) is 9.88 Å². The Hall–Kier alpha value is -1.56. The highest BCUT2D eigenvalue weighted by Gasteiger charge is 2.13. The molecule has 0 amide bonds. The smallest absolute Gasteiger partial charge is 0.331 e. The predicted octanol–water partition coefficient (Wildman–Crippen LogP) is 0.0365. The summed E-state index contributed by atoms with van der Waals surface area (Å²) in [6.45, 7) is 4.71. The number of hydrogen-bond acceptors (Lipinski definition) is 4. The standard InChI is InChI=1S/C12H19N3O3/c1-9-10(16)13-12(18)15(11(9)17)8-7-14-5-3-2-4-6-14/h17H,2-8H2,1H3,(H,13,16,18). The molecule has 1 aromatic rings. The van der Waals surface area contributed by atoms with Crippen LogP contribution in [0.1, 0.15) is 24.8 Å². The number of rotatable bonds is 3. The van der Waals surface area contributed by atoms with Crippen molar-refractivity contribution in [2.24, 2.45) is 0 Å². The summed E-state index contributed by atoms with van der Waals surface area (Å²) in [5.74, 6) is -0.222. The Morgan fingerprint density at radius 3 is 2.50 bits per heavy atom. The maximum absolute atomic E-state index is 11.6. The Labute approximate surface area is 105 Å². The molecule has 6 heteroatoms. The van der Waals surface area contributed by atoms with Gasteiger partial charge in [0.2, 0.25) is 5.88 Å². The molecular weight excluding hydrogens is 234 g/mol. The first-order chi connectivity index (χ1) is 8.59. The molecule has 0 spiro atoms. The number of aromatic hydroxyl groups is 1. The molecule has 18 heavy (non-hydrogen) atoms. The van der Waals surface area contributed by atoms with Crippen molar-refractivity contribution in [3.8, 4) is 5.88 Å². The summed E-state index contributed by atoms with van der Waals surface area (Å²) >= 11 is 0. The van der Waals surface area contributed by atoms with Crippen LogP contribution >= 0.6 is 0 Å². The lowest BCUT2D eigenvalue weighted by atomic mass is 10.1. The van der Waals surface area contributed by atoms with Gasteiger partial charge in [0.25, 0.3) is 5.56 Å². The molecule has 1 aromatic heterocycles. The summed E-state index contributed by atoms with van der Waals surface area (Å²) in [5.41, 5.74) is -0.875. The molecular formula is C12H19N3O3. The number of aromatic nitrogens is 2. The van der Waals surface area contributed by atoms with Crippen LogP contribution < -0.4 is 11.2 Å². The van der Waals surface area contributed by atoms with E-state index in [9.17, 15) is 14.7 Å². The van der Waals surface area contributed by atoms with Crippen LogP contribution in [0.3, 0.4) is 0 Å². The van der Waals surface area contributed by atoms with E-state index in [1.54, 1.807) is 0 Å². The fourth-order valence-electron chi connectivity index (χ4n) is 2.29. The molecule has 1 fully saturated rings. The topological polar surface area (TPSA) is 78.3 Å². The second kappa shape index (κ2) is 5.39. The number of H-pyrrole nitrogens is 1. The van der Waals surface area contributed by atoms with Crippen LogP contribution in [0.25, 0.3) is 0 Å². The molecule has 1 aliphatic heterocycles. The number of aromatic amines is 1. The Bertz CT molecular complexity index is 526. The lowest BCUT2D eigenvalue weighted by Gasteiger charge is -2.26. The average molecular weight is 253 g/mol. The van der Waals surface area contributed by atoms with E-state index >= 15 is 0 Å². The lowest BCUT2D eigenvalue weighted by Crippen LogP contribution is -2.37. The first-order valence-corrected chi connectivity index (χ1v) is 6.34. The third-order valence-electron chi connectivity index (χ3n) is 3.49. The van der Waals surface area contributed by atoms with Crippen LogP contribution in [0, 0.1) is 6.92 Å². The highest BCUT2D eigenvalue weighted by atomic mass is 16.3. The molecule has 6 nitrogen and oxygen atoms in total. The summed E-state index contributed by atoms with van der Waals surface area (Å²) in [5, 5.41) is 9.81. The summed E-state index contributed by atoms with van der Waals surface area (Å²) in [4.78, 5) is 27.4. The van der Waals surface area contributed by atoms with Crippen LogP contribution in [-0.4, -0.2) is 39.2 Å². The number of nitrogens with zero attached hydrogens (tertiary/aromatic N) is 2. The first-order valence-electron chi connectivity index (χ1n) is 6.34. The molecule has 2 rings (SSSR count). The molecule has 0 aromatic carbocycles. The summed E-state index contributed by atoms with van der Waals surface area (Å²) < 4.78 is 1.23. The third kappa shape index (κ3) is 2.64. The van der Waals surface area contributed by atoms with E-state index in [0.717, 1.165) is 19.6 Å². The zero-order valence-corrected chi connectivity index (χ0v) is 10.6. The van der Waals surface area contributed by atoms with Crippen LogP contribution in [0.15, 0.2) is 9.59 Å². The maximum atomic E-state index is 11.6. The van der Waals surface area contributed by atoms with Crippen molar-refractivity contribution in [3.05, 3.63) is 26.4 Å². The fourth-order valence-corrected chi connectivity index (χ4v) is 2.29. The van der Waals surface area contributed by atoms with Gasteiger partial charge >= 0.3 is 5.69 Å². The molecule has 0 atom stereocenters. The number of nitrogens with one attached hydrogen (secondary N) is 1. The second-order valence-electron chi connectivity index (χ2n) is 4.76. The van der Waals surface area contributed by atoms with Gasteiger partial charge in [0, 0.05) is 13.1 Å². The normalized spacial score (nSPS) is 16.9. The minimum Gasteiger partial charge on any atom is -0.494 e. The van der Waals surface area contributed by atoms with Crippen molar-refractivity contribution in [2.45, 2.75) is 32.7 Å². The summed E-state index contributed by atoms with van der Waals surface area (Å²) in [6.07, 6.45) is 3.64. The van der Waals surface area contributed by atoms with Crippen LogP contribution in [-0.2, 0) is 6.54 Å². The van der Waals surface area contributed by atoms with E-state index in [-0.39, 0.29) is 11.4 Å². The molecule has 100 valence electrons. The molecule has 1 saturated heterocycles. The number of likely N-dealkylation sites (tertiary alicyclic amines) is 1. The van der Waals surface area contributed by atoms with Crippen LogP contribution in [0.5, 0.6) is 5.88 Å². The van der Waals surface area contributed by atoms with Gasteiger partial charge in [0.1, 0.15) is 0 Å². The van der Waals surface area contributed by atoms with Gasteiger partial charge in [-0.25, -0.2) is 4.79 Å². The average Bonchev–Trinajstić information content (AvgIpc) is 2.37. The van der Waals surface area contributed by atoms with E-state index in [0.29, 0.717) is 6.54 Å². The van der Waals surface area contributed by atoms with E-state index in [1.807, 2.05) is 0 Å². The fraction of sp³-hybridized carbons (Fsp3) is 0.667. The SMILES string of the molecule is Cc1c(O)n(CCN2CCCCC2)c(=O)[nH]c1=O. The first kappa shape index (κ1) is 12.9. The third-order valence-corrected chi connectivity index (χ3v) is 3.49. The molecule has 0 saturated carbocycles. The minimum absolute atomic E-state index is 0.188. The van der Waals surface area contributed by atoms with Gasteiger partial charge < -0.3 is 10.0 Å².